The summed E-state index contributed by atoms with van der Waals surface area (Å²) < 4.78 is 0. The number of hydrogen-bond acceptors (Lipinski definition) is 2. The number of carbonyl (C=O) groups excluding carboxylic acids is 1. The van der Waals surface area contributed by atoms with Crippen molar-refractivity contribution in [3.05, 3.63) is 29.8 Å². The van der Waals surface area contributed by atoms with E-state index in [1.807, 2.05) is 12.1 Å². The predicted molar refractivity (Wildman–Crippen MR) is 70.1 cm³/mol. The highest BCUT2D eigenvalue weighted by atomic mass is 16.1. The lowest BCUT2D eigenvalue weighted by Crippen LogP contribution is -2.29. The molecule has 1 amide bonds. The van der Waals surface area contributed by atoms with Gasteiger partial charge < -0.3 is 10.6 Å². The molecule has 0 heterocycles. The minimum absolute atomic E-state index is 0.0264. The Morgan fingerprint density at radius 1 is 1.35 bits per heavy atom. The maximum atomic E-state index is 10.9. The van der Waals surface area contributed by atoms with E-state index >= 15 is 0 Å². The lowest BCUT2D eigenvalue weighted by atomic mass is 10.1. The molecule has 2 rings (SSSR count). The molecule has 0 saturated heterocycles. The van der Waals surface area contributed by atoms with Crippen molar-refractivity contribution in [3.8, 4) is 0 Å². The second-order valence-corrected chi connectivity index (χ2v) is 4.92. The lowest BCUT2D eigenvalue weighted by Gasteiger charge is -2.13. The summed E-state index contributed by atoms with van der Waals surface area (Å²) in [5.41, 5.74) is 2.17. The predicted octanol–water partition coefficient (Wildman–Crippen LogP) is 2.33. The fourth-order valence-electron chi connectivity index (χ4n) is 1.99. The van der Waals surface area contributed by atoms with Crippen molar-refractivity contribution < 1.29 is 4.79 Å². The molecular formula is C14H20N2O. The summed E-state index contributed by atoms with van der Waals surface area (Å²) in [4.78, 5) is 10.9. The SMILES string of the molecule is CC(=O)Nc1ccc(CC(C)NC2CC2)cc1. The third-order valence-corrected chi connectivity index (χ3v) is 2.91. The van der Waals surface area contributed by atoms with Crippen molar-refractivity contribution in [2.75, 3.05) is 5.32 Å². The maximum absolute atomic E-state index is 10.9. The van der Waals surface area contributed by atoms with Crippen LogP contribution in [0.4, 0.5) is 5.69 Å². The third-order valence-electron chi connectivity index (χ3n) is 2.91. The molecule has 1 unspecified atom stereocenters. The molecule has 17 heavy (non-hydrogen) atoms. The molecule has 0 radical (unpaired) electrons. The highest BCUT2D eigenvalue weighted by molar-refractivity contribution is 5.88. The van der Waals surface area contributed by atoms with E-state index in [1.165, 1.54) is 25.3 Å². The monoisotopic (exact) mass is 232 g/mol. The summed E-state index contributed by atoms with van der Waals surface area (Å²) in [5.74, 6) is -0.0264. The van der Waals surface area contributed by atoms with Gasteiger partial charge in [0.2, 0.25) is 5.91 Å². The molecule has 0 bridgehead atoms. The summed E-state index contributed by atoms with van der Waals surface area (Å²) in [6.07, 6.45) is 3.69. The molecule has 2 N–H and O–H groups in total. The summed E-state index contributed by atoms with van der Waals surface area (Å²) >= 11 is 0. The molecule has 3 nitrogen and oxygen atoms in total. The van der Waals surface area contributed by atoms with E-state index in [9.17, 15) is 4.79 Å². The highest BCUT2D eigenvalue weighted by Gasteiger charge is 2.22. The quantitative estimate of drug-likeness (QED) is 0.818. The fourth-order valence-corrected chi connectivity index (χ4v) is 1.99. The van der Waals surface area contributed by atoms with Crippen LogP contribution in [0.3, 0.4) is 0 Å². The molecule has 1 fully saturated rings. The first-order valence-electron chi connectivity index (χ1n) is 6.26. The van der Waals surface area contributed by atoms with E-state index in [0.717, 1.165) is 18.2 Å². The molecular weight excluding hydrogens is 212 g/mol. The lowest BCUT2D eigenvalue weighted by molar-refractivity contribution is -0.114. The Kier molecular flexibility index (Phi) is 3.79. The Bertz CT molecular complexity index is 382. The molecule has 1 aromatic carbocycles. The van der Waals surface area contributed by atoms with Crippen molar-refractivity contribution in [1.29, 1.82) is 0 Å². The van der Waals surface area contributed by atoms with Gasteiger partial charge in [0.15, 0.2) is 0 Å². The molecule has 1 aliphatic rings. The number of carbonyl (C=O) groups is 1. The Balaban J connectivity index is 1.85. The Labute approximate surface area is 103 Å². The average Bonchev–Trinajstić information content (AvgIpc) is 3.04. The fraction of sp³-hybridized carbons (Fsp3) is 0.500. The van der Waals surface area contributed by atoms with E-state index < -0.39 is 0 Å². The molecule has 0 aliphatic heterocycles. The van der Waals surface area contributed by atoms with Gasteiger partial charge in [-0.2, -0.15) is 0 Å². The van der Waals surface area contributed by atoms with Gasteiger partial charge in [0, 0.05) is 24.7 Å². The molecule has 1 saturated carbocycles. The largest absolute Gasteiger partial charge is 0.326 e. The minimum Gasteiger partial charge on any atom is -0.326 e. The van der Waals surface area contributed by atoms with Crippen LogP contribution in [-0.2, 0) is 11.2 Å². The van der Waals surface area contributed by atoms with Crippen LogP contribution in [0.15, 0.2) is 24.3 Å². The van der Waals surface area contributed by atoms with Crippen LogP contribution in [0, 0.1) is 0 Å². The smallest absolute Gasteiger partial charge is 0.221 e. The van der Waals surface area contributed by atoms with Gasteiger partial charge in [-0.3, -0.25) is 4.79 Å². The van der Waals surface area contributed by atoms with Crippen LogP contribution in [0.5, 0.6) is 0 Å². The standard InChI is InChI=1S/C14H20N2O/c1-10(15-13-7-8-13)9-12-3-5-14(6-4-12)16-11(2)17/h3-6,10,13,15H,7-9H2,1-2H3,(H,16,17). The Morgan fingerprint density at radius 2 is 2.00 bits per heavy atom. The normalized spacial score (nSPS) is 16.6. The van der Waals surface area contributed by atoms with Crippen LogP contribution >= 0.6 is 0 Å². The molecule has 0 spiro atoms. The summed E-state index contributed by atoms with van der Waals surface area (Å²) in [6.45, 7) is 3.75. The summed E-state index contributed by atoms with van der Waals surface area (Å²) in [6, 6.07) is 9.35. The Hall–Kier alpha value is -1.35. The first-order valence-corrected chi connectivity index (χ1v) is 6.26. The van der Waals surface area contributed by atoms with Gasteiger partial charge >= 0.3 is 0 Å². The number of hydrogen-bond donors (Lipinski definition) is 2. The van der Waals surface area contributed by atoms with Crippen LogP contribution in [0.25, 0.3) is 0 Å². The van der Waals surface area contributed by atoms with E-state index in [4.69, 9.17) is 0 Å². The number of rotatable bonds is 5. The van der Waals surface area contributed by atoms with Gasteiger partial charge in [-0.1, -0.05) is 12.1 Å². The second kappa shape index (κ2) is 5.32. The van der Waals surface area contributed by atoms with E-state index in [2.05, 4.69) is 29.7 Å². The first-order chi connectivity index (χ1) is 8.13. The number of amides is 1. The van der Waals surface area contributed by atoms with Crippen molar-refractivity contribution >= 4 is 11.6 Å². The van der Waals surface area contributed by atoms with Gasteiger partial charge in [-0.25, -0.2) is 0 Å². The first kappa shape index (κ1) is 12.1. The Morgan fingerprint density at radius 3 is 2.53 bits per heavy atom. The third kappa shape index (κ3) is 4.19. The van der Waals surface area contributed by atoms with Crippen molar-refractivity contribution in [3.63, 3.8) is 0 Å². The van der Waals surface area contributed by atoms with Crippen LogP contribution < -0.4 is 10.6 Å². The van der Waals surface area contributed by atoms with Gasteiger partial charge in [-0.05, 0) is 43.9 Å². The van der Waals surface area contributed by atoms with E-state index in [0.29, 0.717) is 6.04 Å². The number of benzene rings is 1. The molecule has 1 atom stereocenters. The molecule has 92 valence electrons. The van der Waals surface area contributed by atoms with Crippen LogP contribution in [0.1, 0.15) is 32.3 Å². The topological polar surface area (TPSA) is 41.1 Å². The van der Waals surface area contributed by atoms with Crippen LogP contribution in [-0.4, -0.2) is 18.0 Å². The van der Waals surface area contributed by atoms with E-state index in [1.54, 1.807) is 0 Å². The van der Waals surface area contributed by atoms with Crippen molar-refractivity contribution in [2.24, 2.45) is 0 Å². The van der Waals surface area contributed by atoms with Gasteiger partial charge in [0.1, 0.15) is 0 Å². The highest BCUT2D eigenvalue weighted by Crippen LogP contribution is 2.20. The van der Waals surface area contributed by atoms with Crippen LogP contribution in [0.2, 0.25) is 0 Å². The molecule has 1 aliphatic carbocycles. The number of anilines is 1. The zero-order chi connectivity index (χ0) is 12.3. The summed E-state index contributed by atoms with van der Waals surface area (Å²) in [5, 5.41) is 6.35. The van der Waals surface area contributed by atoms with Gasteiger partial charge in [0.05, 0.1) is 0 Å². The summed E-state index contributed by atoms with van der Waals surface area (Å²) in [7, 11) is 0. The maximum Gasteiger partial charge on any atom is 0.221 e. The molecule has 0 aromatic heterocycles. The second-order valence-electron chi connectivity index (χ2n) is 4.92. The molecule has 1 aromatic rings. The van der Waals surface area contributed by atoms with Gasteiger partial charge in [0.25, 0.3) is 0 Å². The average molecular weight is 232 g/mol. The molecule has 3 heteroatoms. The van der Waals surface area contributed by atoms with E-state index in [-0.39, 0.29) is 5.91 Å². The van der Waals surface area contributed by atoms with Crippen molar-refractivity contribution in [2.45, 2.75) is 45.2 Å². The minimum atomic E-state index is -0.0264. The zero-order valence-corrected chi connectivity index (χ0v) is 10.5. The van der Waals surface area contributed by atoms with Gasteiger partial charge in [-0.15, -0.1) is 0 Å². The van der Waals surface area contributed by atoms with Crippen molar-refractivity contribution in [1.82, 2.24) is 5.32 Å². The zero-order valence-electron chi connectivity index (χ0n) is 10.5. The number of nitrogens with one attached hydrogen (secondary N) is 2.